The predicted molar refractivity (Wildman–Crippen MR) is 509 cm³/mol. The van der Waals surface area contributed by atoms with E-state index in [0.717, 1.165) is 177 Å². The van der Waals surface area contributed by atoms with Gasteiger partial charge in [0.1, 0.15) is 23.1 Å². The zero-order valence-corrected chi connectivity index (χ0v) is 85.3. The molecule has 12 aromatic rings. The average Bonchev–Trinajstić information content (AvgIpc) is 1.66. The molecule has 0 aliphatic heterocycles. The van der Waals surface area contributed by atoms with Gasteiger partial charge in [0, 0.05) is 154 Å². The molecule has 3 radical (unpaired) electrons. The molecule has 3 N–H and O–H groups in total. The molecule has 6 aromatic heterocycles. The first-order valence-electron chi connectivity index (χ1n) is 46.6. The zero-order chi connectivity index (χ0) is 94.8. The molecule has 0 aliphatic carbocycles. The van der Waals surface area contributed by atoms with E-state index in [0.29, 0.717) is 45.2 Å². The summed E-state index contributed by atoms with van der Waals surface area (Å²) in [6.45, 7) is 43.6. The predicted octanol–water partition coefficient (Wildman–Crippen LogP) is 31.3. The van der Waals surface area contributed by atoms with Crippen molar-refractivity contribution in [3.05, 3.63) is 267 Å². The molecule has 0 bridgehead atoms. The number of ketones is 3. The number of fused-ring (bicyclic) bond motifs is 3. The van der Waals surface area contributed by atoms with Crippen LogP contribution in [0.2, 0.25) is 0 Å². The maximum atomic E-state index is 13.1. The molecule has 0 amide bonds. The molecular weight excluding hydrogens is 2100 g/mol. The van der Waals surface area contributed by atoms with Crippen LogP contribution in [0.5, 0.6) is 0 Å². The molecule has 6 aromatic carbocycles. The van der Waals surface area contributed by atoms with Crippen molar-refractivity contribution in [3.8, 4) is 67.7 Å². The summed E-state index contributed by atoms with van der Waals surface area (Å²) in [6, 6.07) is 51.8. The number of hydrogen-bond acceptors (Lipinski definition) is 12. The molecule has 0 saturated carbocycles. The van der Waals surface area contributed by atoms with Gasteiger partial charge in [-0.3, -0.25) is 14.4 Å². The molecule has 126 heavy (non-hydrogen) atoms. The number of pyridine rings is 3. The van der Waals surface area contributed by atoms with Gasteiger partial charge in [-0.25, -0.2) is 4.39 Å². The summed E-state index contributed by atoms with van der Waals surface area (Å²) in [6.07, 6.45) is 19.9. The summed E-state index contributed by atoms with van der Waals surface area (Å²) >= 11 is 0. The Labute approximate surface area is 799 Å². The van der Waals surface area contributed by atoms with Crippen molar-refractivity contribution < 1.29 is 115 Å². The van der Waals surface area contributed by atoms with E-state index in [1.807, 2.05) is 206 Å². The van der Waals surface area contributed by atoms with Gasteiger partial charge >= 0.3 is 0 Å². The fraction of sp³-hybridized carbons (Fsp3) is 0.400. The Hall–Kier alpha value is -9.10. The minimum Gasteiger partial charge on any atom is -0.512 e. The first kappa shape index (κ1) is 101. The third-order valence-corrected chi connectivity index (χ3v) is 22.8. The van der Waals surface area contributed by atoms with Crippen molar-refractivity contribution in [2.24, 2.45) is 35.5 Å². The fourth-order valence-electron chi connectivity index (χ4n) is 15.4. The van der Waals surface area contributed by atoms with Gasteiger partial charge in [-0.1, -0.05) is 207 Å². The van der Waals surface area contributed by atoms with E-state index in [9.17, 15) is 34.1 Å². The van der Waals surface area contributed by atoms with Gasteiger partial charge in [0.25, 0.3) is 0 Å². The van der Waals surface area contributed by atoms with Crippen LogP contribution in [-0.4, -0.2) is 47.6 Å². The number of aryl methyl sites for hydroxylation is 8. The van der Waals surface area contributed by atoms with E-state index in [4.69, 9.17) is 20.1 Å². The summed E-state index contributed by atoms with van der Waals surface area (Å²) in [5.74, 6) is 1.65. The van der Waals surface area contributed by atoms with E-state index in [1.54, 1.807) is 42.9 Å². The number of allylic oxidation sites excluding steroid dienone is 6. The minimum absolute atomic E-state index is 0. The van der Waals surface area contributed by atoms with Gasteiger partial charge in [-0.15, -0.1) is 105 Å². The number of hydrogen-bond donors (Lipinski definition) is 3. The summed E-state index contributed by atoms with van der Waals surface area (Å²) in [7, 11) is 0. The van der Waals surface area contributed by atoms with Crippen LogP contribution < -0.4 is 0 Å². The molecule has 0 aliphatic rings. The molecule has 6 heterocycles. The van der Waals surface area contributed by atoms with Crippen LogP contribution in [0.4, 0.5) is 4.39 Å². The number of aromatic nitrogens is 3. The van der Waals surface area contributed by atoms with E-state index in [1.165, 1.54) is 41.5 Å². The molecule has 0 saturated heterocycles. The maximum Gasteiger partial charge on any atom is 0.162 e. The monoisotopic (exact) mass is 2240 g/mol. The summed E-state index contributed by atoms with van der Waals surface area (Å²) < 4.78 is 72.0. The fourth-order valence-corrected chi connectivity index (χ4v) is 15.4. The Morgan fingerprint density at radius 3 is 0.968 bits per heavy atom. The van der Waals surface area contributed by atoms with Crippen molar-refractivity contribution in [1.29, 1.82) is 0 Å². The number of rotatable bonds is 29. The average molecular weight is 2240 g/mol. The van der Waals surface area contributed by atoms with Crippen LogP contribution in [0.3, 0.4) is 0 Å². The molecule has 12 nitrogen and oxygen atoms in total. The number of benzene rings is 6. The van der Waals surface area contributed by atoms with E-state index in [-0.39, 0.29) is 136 Å². The molecular formula is C110H135FIr3N3O9-3. The normalized spacial score (nSPS) is 12.4. The molecule has 681 valence electrons. The van der Waals surface area contributed by atoms with Crippen molar-refractivity contribution in [2.75, 3.05) is 0 Å². The molecule has 0 fully saturated rings. The van der Waals surface area contributed by atoms with E-state index >= 15 is 0 Å². The van der Waals surface area contributed by atoms with Gasteiger partial charge < -0.3 is 43.5 Å². The zero-order valence-electron chi connectivity index (χ0n) is 83.1. The molecule has 12 rings (SSSR count). The van der Waals surface area contributed by atoms with Crippen LogP contribution in [0.25, 0.3) is 101 Å². The second kappa shape index (κ2) is 53.6. The van der Waals surface area contributed by atoms with Crippen LogP contribution in [0, 0.1) is 115 Å². The number of aliphatic hydroxyl groups is 3. The number of furan rings is 3. The van der Waals surface area contributed by atoms with E-state index in [2.05, 4.69) is 83.4 Å². The summed E-state index contributed by atoms with van der Waals surface area (Å²) in [4.78, 5) is 48.8. The Morgan fingerprint density at radius 2 is 0.675 bits per heavy atom. The van der Waals surface area contributed by atoms with Crippen LogP contribution in [-0.2, 0) is 74.7 Å². The Kier molecular flexibility index (Phi) is 42.8. The van der Waals surface area contributed by atoms with Gasteiger partial charge in [0.15, 0.2) is 34.1 Å². The minimum atomic E-state index is -2.21. The Balaban J connectivity index is 0.000000336. The van der Waals surface area contributed by atoms with Crippen LogP contribution >= 0.6 is 0 Å². The van der Waals surface area contributed by atoms with Crippen molar-refractivity contribution in [1.82, 2.24) is 15.0 Å². The third kappa shape index (κ3) is 30.8. The van der Waals surface area contributed by atoms with Crippen molar-refractivity contribution in [3.63, 3.8) is 0 Å². The number of aliphatic hydroxyl groups excluding tert-OH is 3. The van der Waals surface area contributed by atoms with Crippen molar-refractivity contribution in [2.45, 2.75) is 255 Å². The third-order valence-electron chi connectivity index (χ3n) is 22.8. The number of carbonyl (C=O) groups is 3. The molecule has 0 spiro atoms. The first-order valence-corrected chi connectivity index (χ1v) is 44.1. The Morgan fingerprint density at radius 1 is 0.389 bits per heavy atom. The maximum absolute atomic E-state index is 13.1. The number of nitrogens with zero attached hydrogens (tertiary/aromatic N) is 3. The second-order valence-corrected chi connectivity index (χ2v) is 32.6. The van der Waals surface area contributed by atoms with Crippen LogP contribution in [0.1, 0.15) is 262 Å². The number of halogens is 1. The first-order chi connectivity index (χ1) is 60.5. The molecule has 0 unspecified atom stereocenters. The molecule has 0 atom stereocenters. The quantitative estimate of drug-likeness (QED) is 0.0229. The number of carbonyl (C=O) groups excluding carboxylic acids is 3. The second-order valence-electron chi connectivity index (χ2n) is 32.6. The SMILES string of the molecule is CCC(CC)C(=O)C=C(O)C(CC)CC.CCC(CC)C(=O)C=C(O)C(CC)CC.CCC(CC)C(=O)C=C(O)C(CC)CC.Cc1[c-]c(-c2cc3cc(-c4ccc(F)cc4)oc3cn2)cc(C)c1.[2H]C(C)(C)c1cccc(C([2H])(C)C)c1-c1cc2cc(-c3[c-]c(C)cc(C)c3)ncc2o1.[2H]C([2H])([2H])c1cccc(C)c1-c1cc2cc(-c3[c-]c(C)cc(C)c3)ncc2o1.[Ir].[Ir].[Ir]. The van der Waals surface area contributed by atoms with Crippen LogP contribution in [0.15, 0.2) is 201 Å². The standard InChI is InChI=1S/C27H28NO.C23H20NO.C21H15FNO.3C13H24O2.3Ir/c1-16(2)22-8-7-9-23(17(3)4)27(22)25-14-21-13-24(28-15-26(21)29-25)20-11-18(5)10-19(6)12-20;1-14-8-15(2)10-18(9-14)20-11-19-12-21(25-22(19)13-24-20)23-16(3)6-5-7-17(23)4;1-13-7-14(2)9-16(8-13)19-10-17-11-20(24-21(17)12-23-19)15-3-5-18(22)6-4-15;3*1-5-10(6-2)12(14)9-13(15)11(7-3)8-4;;;/h7-11,13-17H,1-6H3;5-9,11-13H,1-4H3;3-8,10-12H,1-2H3;3*9-11,14H,5-8H2,1-4H3;;;/q3*-1;;;;;;/i16D,17D;3D3;;;;;;;. The summed E-state index contributed by atoms with van der Waals surface area (Å²) in [5, 5.41) is 32.1. The van der Waals surface area contributed by atoms with Gasteiger partial charge in [-0.05, 0) is 184 Å². The van der Waals surface area contributed by atoms with E-state index < -0.39 is 18.6 Å². The Bertz CT molecular complexity index is 5580. The van der Waals surface area contributed by atoms with Gasteiger partial charge in [-0.2, -0.15) is 0 Å². The van der Waals surface area contributed by atoms with Gasteiger partial charge in [0.05, 0.1) is 35.9 Å². The molecule has 16 heteroatoms. The van der Waals surface area contributed by atoms with Gasteiger partial charge in [0.2, 0.25) is 0 Å². The smallest absolute Gasteiger partial charge is 0.162 e. The largest absolute Gasteiger partial charge is 0.512 e. The van der Waals surface area contributed by atoms with Crippen molar-refractivity contribution >= 4 is 50.3 Å². The topological polar surface area (TPSA) is 190 Å². The summed E-state index contributed by atoms with van der Waals surface area (Å²) in [5.41, 5.74) is 19.3.